The van der Waals surface area contributed by atoms with E-state index in [0.29, 0.717) is 0 Å². The summed E-state index contributed by atoms with van der Waals surface area (Å²) in [5, 5.41) is 0. The molecule has 1 unspecified atom stereocenters. The average Bonchev–Trinajstić information content (AvgIpc) is 2.37. The molecule has 3 nitrogen and oxygen atoms in total. The average molecular weight is 276 g/mol. The number of benzene rings is 2. The lowest BCUT2D eigenvalue weighted by atomic mass is 9.92. The van der Waals surface area contributed by atoms with Crippen LogP contribution in [0.3, 0.4) is 0 Å². The van der Waals surface area contributed by atoms with Crippen LogP contribution in [0.2, 0.25) is 0 Å². The summed E-state index contributed by atoms with van der Waals surface area (Å²) in [7, 11) is -4.06. The van der Waals surface area contributed by atoms with E-state index in [1.807, 2.05) is 61.5 Å². The molecule has 0 aromatic heterocycles. The predicted octanol–water partition coefficient (Wildman–Crippen LogP) is 3.30. The first-order chi connectivity index (χ1) is 8.96. The van der Waals surface area contributed by atoms with Crippen molar-refractivity contribution in [1.29, 1.82) is 0 Å². The van der Waals surface area contributed by atoms with Gasteiger partial charge < -0.3 is 9.79 Å². The van der Waals surface area contributed by atoms with Crippen LogP contribution in [0.5, 0.6) is 0 Å². The summed E-state index contributed by atoms with van der Waals surface area (Å²) in [6, 6.07) is 17.3. The van der Waals surface area contributed by atoms with Gasteiger partial charge in [-0.3, -0.25) is 4.57 Å². The minimum atomic E-state index is -4.06. The molecule has 0 fully saturated rings. The van der Waals surface area contributed by atoms with E-state index in [0.717, 1.165) is 16.7 Å². The van der Waals surface area contributed by atoms with Gasteiger partial charge in [0, 0.05) is 5.92 Å². The topological polar surface area (TPSA) is 57.5 Å². The van der Waals surface area contributed by atoms with Gasteiger partial charge in [0.2, 0.25) is 0 Å². The highest BCUT2D eigenvalue weighted by Crippen LogP contribution is 2.42. The Morgan fingerprint density at radius 3 is 2.00 bits per heavy atom. The van der Waals surface area contributed by atoms with E-state index in [-0.39, 0.29) is 12.1 Å². The van der Waals surface area contributed by atoms with E-state index in [9.17, 15) is 14.4 Å². The van der Waals surface area contributed by atoms with E-state index in [1.165, 1.54) is 0 Å². The second-order valence-electron chi connectivity index (χ2n) is 4.72. The van der Waals surface area contributed by atoms with E-state index >= 15 is 0 Å². The monoisotopic (exact) mass is 276 g/mol. The van der Waals surface area contributed by atoms with Crippen molar-refractivity contribution in [3.05, 3.63) is 71.3 Å². The fourth-order valence-corrected chi connectivity index (χ4v) is 3.02. The second kappa shape index (κ2) is 5.70. The highest BCUT2D eigenvalue weighted by Gasteiger charge is 2.24. The van der Waals surface area contributed by atoms with Crippen molar-refractivity contribution in [3.63, 3.8) is 0 Å². The third-order valence-electron chi connectivity index (χ3n) is 3.10. The van der Waals surface area contributed by atoms with Crippen molar-refractivity contribution in [3.8, 4) is 0 Å². The van der Waals surface area contributed by atoms with Crippen LogP contribution < -0.4 is 0 Å². The molecule has 2 aromatic rings. The highest BCUT2D eigenvalue weighted by molar-refractivity contribution is 7.51. The van der Waals surface area contributed by atoms with Gasteiger partial charge in [0.05, 0.1) is 6.16 Å². The van der Waals surface area contributed by atoms with Crippen LogP contribution in [-0.4, -0.2) is 15.9 Å². The highest BCUT2D eigenvalue weighted by atomic mass is 31.2. The van der Waals surface area contributed by atoms with Crippen molar-refractivity contribution in [2.75, 3.05) is 6.16 Å². The van der Waals surface area contributed by atoms with Gasteiger partial charge in [-0.15, -0.1) is 0 Å². The van der Waals surface area contributed by atoms with Crippen molar-refractivity contribution >= 4 is 7.60 Å². The van der Waals surface area contributed by atoms with Gasteiger partial charge in [-0.25, -0.2) is 0 Å². The quantitative estimate of drug-likeness (QED) is 0.842. The maximum atomic E-state index is 11.3. The smallest absolute Gasteiger partial charge is 0.324 e. The first-order valence-electron chi connectivity index (χ1n) is 6.12. The summed E-state index contributed by atoms with van der Waals surface area (Å²) >= 11 is 0. The summed E-state index contributed by atoms with van der Waals surface area (Å²) < 4.78 is 11.3. The Labute approximate surface area is 113 Å². The van der Waals surface area contributed by atoms with Crippen molar-refractivity contribution < 1.29 is 14.4 Å². The lowest BCUT2D eigenvalue weighted by molar-refractivity contribution is 0.371. The molecule has 2 N–H and O–H groups in total. The molecule has 4 heteroatoms. The minimum absolute atomic E-state index is 0.167. The Kier molecular flexibility index (Phi) is 4.20. The van der Waals surface area contributed by atoms with Gasteiger partial charge in [-0.05, 0) is 18.1 Å². The summed E-state index contributed by atoms with van der Waals surface area (Å²) in [6.07, 6.45) is -0.167. The number of aryl methyl sites for hydroxylation is 1. The van der Waals surface area contributed by atoms with E-state index in [4.69, 9.17) is 0 Å². The van der Waals surface area contributed by atoms with Crippen molar-refractivity contribution in [2.24, 2.45) is 0 Å². The van der Waals surface area contributed by atoms with Gasteiger partial charge >= 0.3 is 7.60 Å². The molecule has 0 amide bonds. The van der Waals surface area contributed by atoms with Gasteiger partial charge in [0.25, 0.3) is 0 Å². The summed E-state index contributed by atoms with van der Waals surface area (Å²) in [5.74, 6) is -0.275. The third kappa shape index (κ3) is 4.03. The van der Waals surface area contributed by atoms with Crippen LogP contribution >= 0.6 is 7.60 Å². The number of hydrogen-bond donors (Lipinski definition) is 2. The SMILES string of the molecule is Cc1ccc(C(CP(=O)(O)O)c2ccccc2)cc1. The molecule has 2 aromatic carbocycles. The molecule has 0 radical (unpaired) electrons. The maximum absolute atomic E-state index is 11.3. The molecule has 0 bridgehead atoms. The zero-order valence-corrected chi connectivity index (χ0v) is 11.6. The molecule has 0 spiro atoms. The number of hydrogen-bond acceptors (Lipinski definition) is 1. The van der Waals surface area contributed by atoms with Crippen LogP contribution in [0.1, 0.15) is 22.6 Å². The van der Waals surface area contributed by atoms with Crippen molar-refractivity contribution in [2.45, 2.75) is 12.8 Å². The summed E-state index contributed by atoms with van der Waals surface area (Å²) in [5.41, 5.74) is 2.99. The van der Waals surface area contributed by atoms with E-state index < -0.39 is 7.60 Å². The first-order valence-corrected chi connectivity index (χ1v) is 7.91. The fraction of sp³-hybridized carbons (Fsp3) is 0.200. The van der Waals surface area contributed by atoms with Crippen LogP contribution in [0.4, 0.5) is 0 Å². The molecular formula is C15H17O3P. The van der Waals surface area contributed by atoms with Gasteiger partial charge in [-0.1, -0.05) is 60.2 Å². The second-order valence-corrected chi connectivity index (χ2v) is 6.42. The van der Waals surface area contributed by atoms with Crippen LogP contribution in [0, 0.1) is 6.92 Å². The Morgan fingerprint density at radius 2 is 1.47 bits per heavy atom. The Hall–Kier alpha value is -1.41. The molecule has 2 rings (SSSR count). The van der Waals surface area contributed by atoms with Crippen molar-refractivity contribution in [1.82, 2.24) is 0 Å². The lowest BCUT2D eigenvalue weighted by Crippen LogP contribution is -2.07. The number of rotatable bonds is 4. The van der Waals surface area contributed by atoms with Crippen LogP contribution in [0.25, 0.3) is 0 Å². The molecule has 0 heterocycles. The molecular weight excluding hydrogens is 259 g/mol. The zero-order chi connectivity index (χ0) is 13.9. The Balaban J connectivity index is 2.40. The minimum Gasteiger partial charge on any atom is -0.324 e. The maximum Gasteiger partial charge on any atom is 0.326 e. The van der Waals surface area contributed by atoms with Crippen LogP contribution in [0.15, 0.2) is 54.6 Å². The normalized spacial score (nSPS) is 13.2. The molecule has 1 atom stereocenters. The molecule has 19 heavy (non-hydrogen) atoms. The Bertz CT molecular complexity index is 572. The first kappa shape index (κ1) is 14.0. The van der Waals surface area contributed by atoms with Crippen LogP contribution in [-0.2, 0) is 4.57 Å². The Morgan fingerprint density at radius 1 is 0.947 bits per heavy atom. The fourth-order valence-electron chi connectivity index (χ4n) is 2.13. The molecule has 100 valence electrons. The molecule has 0 aliphatic heterocycles. The molecule has 0 saturated heterocycles. The van der Waals surface area contributed by atoms with E-state index in [2.05, 4.69) is 0 Å². The summed E-state index contributed by atoms with van der Waals surface area (Å²) in [6.45, 7) is 1.99. The van der Waals surface area contributed by atoms with Gasteiger partial charge in [0.1, 0.15) is 0 Å². The van der Waals surface area contributed by atoms with Gasteiger partial charge in [0.15, 0.2) is 0 Å². The molecule has 0 aliphatic rings. The third-order valence-corrected chi connectivity index (χ3v) is 3.94. The summed E-state index contributed by atoms with van der Waals surface area (Å²) in [4.78, 5) is 18.6. The molecule has 0 aliphatic carbocycles. The van der Waals surface area contributed by atoms with E-state index in [1.54, 1.807) is 0 Å². The lowest BCUT2D eigenvalue weighted by Gasteiger charge is -2.19. The largest absolute Gasteiger partial charge is 0.326 e. The van der Waals surface area contributed by atoms with Gasteiger partial charge in [-0.2, -0.15) is 0 Å². The zero-order valence-electron chi connectivity index (χ0n) is 10.7. The molecule has 0 saturated carbocycles. The predicted molar refractivity (Wildman–Crippen MR) is 76.4 cm³/mol. The standard InChI is InChI=1S/C15H17O3P/c1-12-7-9-14(10-8-12)15(11-19(16,17)18)13-5-3-2-4-6-13/h2-10,15H,11H2,1H3,(H2,16,17,18).